The number of nitrogens with zero attached hydrogens (tertiary/aromatic N) is 1. The molecule has 22 heavy (non-hydrogen) atoms. The molecule has 128 valence electrons. The summed E-state index contributed by atoms with van der Waals surface area (Å²) < 4.78 is 11.0. The number of ether oxygens (including phenoxy) is 2. The van der Waals surface area contributed by atoms with E-state index in [-0.39, 0.29) is 19.1 Å². The fourth-order valence-electron chi connectivity index (χ4n) is 3.53. The normalized spacial score (nSPS) is 47.9. The summed E-state index contributed by atoms with van der Waals surface area (Å²) in [6.07, 6.45) is -1.94. The molecule has 0 aromatic rings. The van der Waals surface area contributed by atoms with Crippen molar-refractivity contribution in [1.29, 1.82) is 0 Å². The first-order valence-corrected chi connectivity index (χ1v) is 9.01. The third-order valence-electron chi connectivity index (χ3n) is 4.67. The van der Waals surface area contributed by atoms with Gasteiger partial charge in [0.1, 0.15) is 23.2 Å². The van der Waals surface area contributed by atoms with Crippen LogP contribution in [0.3, 0.4) is 0 Å². The molecule has 0 aliphatic carbocycles. The Morgan fingerprint density at radius 1 is 1.45 bits per heavy atom. The Morgan fingerprint density at radius 2 is 2.23 bits per heavy atom. The molecule has 0 aromatic carbocycles. The summed E-state index contributed by atoms with van der Waals surface area (Å²) in [7, 11) is -0.971. The van der Waals surface area contributed by atoms with Gasteiger partial charge >= 0.3 is 0 Å². The highest BCUT2D eigenvalue weighted by atomic mass is 32.2. The number of fused-ring (bicyclic) bond motifs is 1. The Labute approximate surface area is 129 Å². The van der Waals surface area contributed by atoms with E-state index >= 15 is 0 Å². The van der Waals surface area contributed by atoms with Gasteiger partial charge in [-0.05, 0) is 24.3 Å². The van der Waals surface area contributed by atoms with Crippen LogP contribution in [0.15, 0.2) is 0 Å². The molecular weight excluding hydrogens is 318 g/mol. The lowest BCUT2D eigenvalue weighted by Gasteiger charge is -2.43. The minimum atomic E-state index is -1.47. The van der Waals surface area contributed by atoms with Gasteiger partial charge in [0.25, 0.3) is 5.09 Å². The average molecular weight is 339 g/mol. The van der Waals surface area contributed by atoms with Crippen molar-refractivity contribution in [3.63, 3.8) is 0 Å². The quantitative estimate of drug-likeness (QED) is 0.217. The van der Waals surface area contributed by atoms with Crippen molar-refractivity contribution in [3.05, 3.63) is 10.1 Å². The molecule has 3 N–H and O–H groups in total. The Morgan fingerprint density at radius 3 is 2.95 bits per heavy atom. The van der Waals surface area contributed by atoms with Gasteiger partial charge in [0.2, 0.25) is 6.29 Å². The maximum atomic E-state index is 11.0. The summed E-state index contributed by atoms with van der Waals surface area (Å²) >= 11 is 0. The second-order valence-electron chi connectivity index (χ2n) is 6.04. The summed E-state index contributed by atoms with van der Waals surface area (Å²) in [5, 5.41) is 39.9. The van der Waals surface area contributed by atoms with Crippen LogP contribution in [0, 0.1) is 16.0 Å². The zero-order valence-corrected chi connectivity index (χ0v) is 12.8. The fraction of sp³-hybridized carbons (Fsp3) is 1.00. The molecule has 10 heteroatoms. The molecule has 0 bridgehead atoms. The Bertz CT molecular complexity index is 439. The summed E-state index contributed by atoms with van der Waals surface area (Å²) in [6, 6.07) is 0. The van der Waals surface area contributed by atoms with E-state index in [9.17, 15) is 25.4 Å². The SMILES string of the molecule is O=[N+]([O-])OC(O)C1CCC[SH]([C@@]2(O)CO[C@@H]3[C@H](O)CO[C@@H]32)C1. The maximum absolute atomic E-state index is 11.0. The second-order valence-corrected chi connectivity index (χ2v) is 8.71. The zero-order valence-electron chi connectivity index (χ0n) is 11.9. The van der Waals surface area contributed by atoms with Crippen LogP contribution in [-0.4, -0.2) is 74.7 Å². The van der Waals surface area contributed by atoms with E-state index in [1.807, 2.05) is 0 Å². The molecule has 3 rings (SSSR count). The summed E-state index contributed by atoms with van der Waals surface area (Å²) in [5.74, 6) is 0.839. The number of thiol groups is 1. The highest BCUT2D eigenvalue weighted by molar-refractivity contribution is 8.18. The van der Waals surface area contributed by atoms with Crippen LogP contribution in [0.1, 0.15) is 12.8 Å². The van der Waals surface area contributed by atoms with Gasteiger partial charge in [0.15, 0.2) is 0 Å². The number of hydrogen-bond donors (Lipinski definition) is 4. The average Bonchev–Trinajstić information content (AvgIpc) is 3.01. The van der Waals surface area contributed by atoms with Gasteiger partial charge in [-0.3, -0.25) is 4.84 Å². The first kappa shape index (κ1) is 16.2. The molecule has 3 aliphatic rings. The van der Waals surface area contributed by atoms with Crippen molar-refractivity contribution in [2.75, 3.05) is 24.7 Å². The van der Waals surface area contributed by atoms with Crippen LogP contribution in [-0.2, 0) is 14.3 Å². The highest BCUT2D eigenvalue weighted by Crippen LogP contribution is 2.53. The lowest BCUT2D eigenvalue weighted by atomic mass is 10.1. The number of hydrogen-bond acceptors (Lipinski definition) is 8. The molecular formula is C12H21NO8S. The molecule has 3 fully saturated rings. The van der Waals surface area contributed by atoms with E-state index < -0.39 is 45.5 Å². The van der Waals surface area contributed by atoms with Crippen molar-refractivity contribution in [3.8, 4) is 0 Å². The molecule has 0 aromatic heterocycles. The molecule has 3 aliphatic heterocycles. The molecule has 0 radical (unpaired) electrons. The summed E-state index contributed by atoms with van der Waals surface area (Å²) in [6.45, 7) is 0.224. The van der Waals surface area contributed by atoms with Crippen LogP contribution >= 0.6 is 10.9 Å². The van der Waals surface area contributed by atoms with Crippen LogP contribution in [0.25, 0.3) is 0 Å². The highest BCUT2D eigenvalue weighted by Gasteiger charge is 2.58. The maximum Gasteiger partial charge on any atom is 0.297 e. The predicted molar refractivity (Wildman–Crippen MR) is 76.0 cm³/mol. The second kappa shape index (κ2) is 6.10. The number of rotatable bonds is 4. The monoisotopic (exact) mass is 339 g/mol. The zero-order chi connectivity index (χ0) is 15.9. The van der Waals surface area contributed by atoms with Gasteiger partial charge in [-0.2, -0.15) is 0 Å². The van der Waals surface area contributed by atoms with Gasteiger partial charge < -0.3 is 24.8 Å². The van der Waals surface area contributed by atoms with Crippen molar-refractivity contribution in [1.82, 2.24) is 0 Å². The molecule has 0 spiro atoms. The Kier molecular flexibility index (Phi) is 4.49. The van der Waals surface area contributed by atoms with Gasteiger partial charge in [0, 0.05) is 5.92 Å². The standard InChI is InChI=1S/C12H21NO8S/c14-8-4-19-10-9(8)20-6-12(10,16)22-3-1-2-7(5-22)11(15)21-13(17)18/h7-11,14-16,22H,1-6H2/t7?,8-,9-,10+,11?,12+/m1/s1. The van der Waals surface area contributed by atoms with E-state index in [0.29, 0.717) is 12.2 Å². The summed E-state index contributed by atoms with van der Waals surface area (Å²) in [4.78, 5) is 13.4. The predicted octanol–water partition coefficient (Wildman–Crippen LogP) is -1.23. The molecule has 7 atom stereocenters. The largest absolute Gasteiger partial charge is 0.388 e. The van der Waals surface area contributed by atoms with Crippen molar-refractivity contribution in [2.45, 2.75) is 42.4 Å². The van der Waals surface area contributed by atoms with E-state index in [4.69, 9.17) is 9.47 Å². The third kappa shape index (κ3) is 2.79. The van der Waals surface area contributed by atoms with E-state index in [1.165, 1.54) is 0 Å². The Balaban J connectivity index is 1.68. The molecule has 3 saturated heterocycles. The van der Waals surface area contributed by atoms with Crippen molar-refractivity contribution in [2.24, 2.45) is 5.92 Å². The lowest BCUT2D eigenvalue weighted by molar-refractivity contribution is -0.782. The van der Waals surface area contributed by atoms with Gasteiger partial charge in [-0.25, -0.2) is 10.9 Å². The number of aliphatic hydroxyl groups is 3. The van der Waals surface area contributed by atoms with E-state index in [2.05, 4.69) is 4.84 Å². The van der Waals surface area contributed by atoms with Crippen LogP contribution in [0.2, 0.25) is 0 Å². The van der Waals surface area contributed by atoms with Crippen molar-refractivity contribution >= 4 is 10.9 Å². The number of aliphatic hydroxyl groups excluding tert-OH is 2. The van der Waals surface area contributed by atoms with E-state index in [1.54, 1.807) is 0 Å². The first-order chi connectivity index (χ1) is 10.4. The van der Waals surface area contributed by atoms with E-state index in [0.717, 1.165) is 12.2 Å². The molecule has 3 heterocycles. The van der Waals surface area contributed by atoms with Crippen molar-refractivity contribution < 1.29 is 34.7 Å². The van der Waals surface area contributed by atoms with Gasteiger partial charge in [-0.1, -0.05) is 0 Å². The molecule has 9 nitrogen and oxygen atoms in total. The molecule has 0 saturated carbocycles. The topological polar surface area (TPSA) is 132 Å². The van der Waals surface area contributed by atoms with Crippen LogP contribution in [0.4, 0.5) is 0 Å². The van der Waals surface area contributed by atoms with Gasteiger partial charge in [0.05, 0.1) is 13.2 Å². The molecule has 3 unspecified atom stereocenters. The smallest absolute Gasteiger partial charge is 0.297 e. The molecule has 0 amide bonds. The van der Waals surface area contributed by atoms with Crippen LogP contribution in [0.5, 0.6) is 0 Å². The summed E-state index contributed by atoms with van der Waals surface area (Å²) in [5.41, 5.74) is 0. The minimum absolute atomic E-state index is 0.0873. The van der Waals surface area contributed by atoms with Crippen LogP contribution < -0.4 is 0 Å². The Hall–Kier alpha value is -0.650. The minimum Gasteiger partial charge on any atom is -0.388 e. The first-order valence-electron chi connectivity index (χ1n) is 7.30. The lowest BCUT2D eigenvalue weighted by Crippen LogP contribution is -2.47. The fourth-order valence-corrected chi connectivity index (χ4v) is 6.75. The van der Waals surface area contributed by atoms with Gasteiger partial charge in [-0.15, -0.1) is 10.1 Å². The third-order valence-corrected chi connectivity index (χ3v) is 7.92.